The highest BCUT2D eigenvalue weighted by molar-refractivity contribution is 14.1. The number of carbonyl (C=O) groups is 2. The van der Waals surface area contributed by atoms with Gasteiger partial charge in [0.25, 0.3) is 5.91 Å². The lowest BCUT2D eigenvalue weighted by Crippen LogP contribution is -2.19. The van der Waals surface area contributed by atoms with Crippen LogP contribution in [0.1, 0.15) is 5.56 Å². The average molecular weight is 557 g/mol. The fourth-order valence-corrected chi connectivity index (χ4v) is 4.10. The molecule has 1 heterocycles. The van der Waals surface area contributed by atoms with Crippen molar-refractivity contribution in [2.75, 3.05) is 7.11 Å². The number of rotatable bonds is 3. The second-order valence-electron chi connectivity index (χ2n) is 4.06. The molecule has 1 aliphatic heterocycles. The van der Waals surface area contributed by atoms with E-state index < -0.39 is 11.9 Å². The molecule has 0 atom stereocenters. The van der Waals surface area contributed by atoms with Gasteiger partial charge in [-0.05, 0) is 69.1 Å². The van der Waals surface area contributed by atoms with Crippen LogP contribution in [0.4, 0.5) is 0 Å². The molecular formula is C13H9I2N3O4S. The quantitative estimate of drug-likeness (QED) is 0.195. The van der Waals surface area contributed by atoms with Crippen molar-refractivity contribution in [3.05, 3.63) is 35.8 Å². The fourth-order valence-electron chi connectivity index (χ4n) is 1.47. The minimum absolute atomic E-state index is 0.115. The zero-order valence-electron chi connectivity index (χ0n) is 11.5. The van der Waals surface area contributed by atoms with E-state index in [1.807, 2.05) is 28.7 Å². The van der Waals surface area contributed by atoms with E-state index in [4.69, 9.17) is 0 Å². The van der Waals surface area contributed by atoms with Gasteiger partial charge in [0.1, 0.15) is 5.75 Å². The first kappa shape index (κ1) is 18.2. The molecule has 0 aromatic heterocycles. The number of carbonyl (C=O) groups excluding carboxylic acids is 2. The van der Waals surface area contributed by atoms with E-state index in [-0.39, 0.29) is 15.8 Å². The lowest BCUT2D eigenvalue weighted by Gasteiger charge is -2.01. The van der Waals surface area contributed by atoms with Gasteiger partial charge in [0.2, 0.25) is 0 Å². The molecule has 1 aliphatic rings. The lowest BCUT2D eigenvalue weighted by molar-refractivity contribution is -0.135. The molecular weight excluding hydrogens is 548 g/mol. The molecule has 0 unspecified atom stereocenters. The highest BCUT2D eigenvalue weighted by atomic mass is 127. The predicted octanol–water partition coefficient (Wildman–Crippen LogP) is 2.21. The Bertz CT molecular complexity index is 762. The number of phenols is 1. The van der Waals surface area contributed by atoms with Crippen molar-refractivity contribution < 1.29 is 19.4 Å². The summed E-state index contributed by atoms with van der Waals surface area (Å²) in [5.41, 5.74) is 0.519. The fraction of sp³-hybridized carbons (Fsp3) is 0.0769. The first-order chi connectivity index (χ1) is 10.9. The molecule has 0 radical (unpaired) electrons. The van der Waals surface area contributed by atoms with Crippen molar-refractivity contribution in [1.29, 1.82) is 0 Å². The van der Waals surface area contributed by atoms with Crippen LogP contribution >= 0.6 is 56.9 Å². The Hall–Kier alpha value is -1.15. The van der Waals surface area contributed by atoms with Crippen molar-refractivity contribution in [3.63, 3.8) is 0 Å². The molecule has 1 saturated heterocycles. The summed E-state index contributed by atoms with van der Waals surface area (Å²) < 4.78 is 6.12. The minimum atomic E-state index is -0.620. The summed E-state index contributed by atoms with van der Waals surface area (Å²) in [6.07, 6.45) is 2.47. The summed E-state index contributed by atoms with van der Waals surface area (Å²) in [6.45, 7) is 0. The number of methoxy groups -OCH3 is 1. The van der Waals surface area contributed by atoms with Crippen LogP contribution in [0.15, 0.2) is 33.3 Å². The number of hydrogen-bond acceptors (Lipinski definition) is 7. The molecule has 2 rings (SSSR count). The Morgan fingerprint density at radius 3 is 2.87 bits per heavy atom. The van der Waals surface area contributed by atoms with Gasteiger partial charge in [0.15, 0.2) is 5.17 Å². The SMILES string of the molecule is COC(=O)/C=C1/S/C(=N\N=Cc2cc(I)cc(I)c2O)NC1=O. The third-order valence-corrected chi connectivity index (χ3v) is 4.85. The van der Waals surface area contributed by atoms with Crippen molar-refractivity contribution in [1.82, 2.24) is 5.32 Å². The molecule has 23 heavy (non-hydrogen) atoms. The highest BCUT2D eigenvalue weighted by Gasteiger charge is 2.25. The van der Waals surface area contributed by atoms with Crippen LogP contribution in [0, 0.1) is 7.14 Å². The van der Waals surface area contributed by atoms with E-state index in [0.717, 1.165) is 21.4 Å². The van der Waals surface area contributed by atoms with Crippen molar-refractivity contribution in [2.24, 2.45) is 10.2 Å². The largest absolute Gasteiger partial charge is 0.506 e. The maximum absolute atomic E-state index is 11.6. The van der Waals surface area contributed by atoms with Crippen molar-refractivity contribution >= 4 is 80.2 Å². The van der Waals surface area contributed by atoms with Crippen LogP contribution < -0.4 is 5.32 Å². The van der Waals surface area contributed by atoms with Gasteiger partial charge in [0.05, 0.1) is 21.8 Å². The van der Waals surface area contributed by atoms with Gasteiger partial charge in [-0.15, -0.1) is 5.10 Å². The molecule has 1 aromatic carbocycles. The number of nitrogens with one attached hydrogen (secondary N) is 1. The Balaban J connectivity index is 2.14. The van der Waals surface area contributed by atoms with Crippen LogP contribution in [0.3, 0.4) is 0 Å². The monoisotopic (exact) mass is 557 g/mol. The Morgan fingerprint density at radius 1 is 1.43 bits per heavy atom. The standard InChI is InChI=1S/C13H9I2N3O4S/c1-22-10(19)4-9-12(21)17-13(23-9)18-16-5-6-2-7(14)3-8(15)11(6)20/h2-5,20H,1H3,(H,17,18,21)/b9-4+,16-5?. The minimum Gasteiger partial charge on any atom is -0.506 e. The van der Waals surface area contributed by atoms with E-state index >= 15 is 0 Å². The average Bonchev–Trinajstić information content (AvgIpc) is 2.84. The molecule has 7 nitrogen and oxygen atoms in total. The van der Waals surface area contributed by atoms with Gasteiger partial charge in [-0.1, -0.05) is 0 Å². The van der Waals surface area contributed by atoms with Gasteiger partial charge >= 0.3 is 5.97 Å². The Morgan fingerprint density at radius 2 is 2.17 bits per heavy atom. The topological polar surface area (TPSA) is 100 Å². The van der Waals surface area contributed by atoms with Crippen LogP contribution in [-0.4, -0.2) is 35.5 Å². The third kappa shape index (κ3) is 4.91. The number of esters is 1. The normalized spacial score (nSPS) is 18.0. The second-order valence-corrected chi connectivity index (χ2v) is 7.50. The number of amides is 1. The van der Waals surface area contributed by atoms with Crippen LogP contribution in [-0.2, 0) is 14.3 Å². The van der Waals surface area contributed by atoms with Gasteiger partial charge in [0, 0.05) is 15.2 Å². The van der Waals surface area contributed by atoms with Crippen LogP contribution in [0.2, 0.25) is 0 Å². The van der Waals surface area contributed by atoms with Gasteiger partial charge in [-0.3, -0.25) is 10.1 Å². The second kappa shape index (κ2) is 8.10. The number of hydrogen-bond donors (Lipinski definition) is 2. The molecule has 1 fully saturated rings. The predicted molar refractivity (Wildman–Crippen MR) is 104 cm³/mol. The number of aromatic hydroxyl groups is 1. The molecule has 0 spiro atoms. The van der Waals surface area contributed by atoms with E-state index in [2.05, 4.69) is 42.8 Å². The van der Waals surface area contributed by atoms with E-state index in [9.17, 15) is 14.7 Å². The summed E-state index contributed by atoms with van der Waals surface area (Å²) in [4.78, 5) is 22.9. The van der Waals surface area contributed by atoms with Gasteiger partial charge < -0.3 is 9.84 Å². The number of ether oxygens (including phenoxy) is 1. The smallest absolute Gasteiger partial charge is 0.331 e. The maximum Gasteiger partial charge on any atom is 0.331 e. The number of halogens is 2. The maximum atomic E-state index is 11.6. The number of benzene rings is 1. The van der Waals surface area contributed by atoms with E-state index in [1.54, 1.807) is 6.07 Å². The lowest BCUT2D eigenvalue weighted by atomic mass is 10.2. The first-order valence-electron chi connectivity index (χ1n) is 5.98. The molecule has 120 valence electrons. The summed E-state index contributed by atoms with van der Waals surface area (Å²) in [7, 11) is 1.23. The summed E-state index contributed by atoms with van der Waals surface area (Å²) in [6, 6.07) is 3.58. The molecule has 10 heteroatoms. The van der Waals surface area contributed by atoms with Crippen LogP contribution in [0.25, 0.3) is 0 Å². The number of thioether (sulfide) groups is 1. The highest BCUT2D eigenvalue weighted by Crippen LogP contribution is 2.26. The summed E-state index contributed by atoms with van der Waals surface area (Å²) >= 11 is 5.13. The number of amidine groups is 1. The molecule has 0 bridgehead atoms. The van der Waals surface area contributed by atoms with Crippen molar-refractivity contribution in [2.45, 2.75) is 0 Å². The number of nitrogens with zero attached hydrogens (tertiary/aromatic N) is 2. The molecule has 1 aromatic rings. The zero-order valence-corrected chi connectivity index (χ0v) is 16.7. The number of phenolic OH excluding ortho intramolecular Hbond substituents is 1. The Kier molecular flexibility index (Phi) is 6.41. The van der Waals surface area contributed by atoms with Gasteiger partial charge in [-0.25, -0.2) is 4.79 Å². The Labute approximate surface area is 162 Å². The zero-order chi connectivity index (χ0) is 17.0. The summed E-state index contributed by atoms with van der Waals surface area (Å²) in [5, 5.41) is 20.4. The third-order valence-electron chi connectivity index (χ3n) is 2.50. The molecule has 2 N–H and O–H groups in total. The first-order valence-corrected chi connectivity index (χ1v) is 8.96. The van der Waals surface area contributed by atoms with Gasteiger partial charge in [-0.2, -0.15) is 5.10 Å². The van der Waals surface area contributed by atoms with Crippen molar-refractivity contribution in [3.8, 4) is 5.75 Å². The molecule has 0 aliphatic carbocycles. The van der Waals surface area contributed by atoms with Crippen LogP contribution in [0.5, 0.6) is 5.75 Å². The molecule has 0 saturated carbocycles. The van der Waals surface area contributed by atoms with E-state index in [1.165, 1.54) is 13.3 Å². The van der Waals surface area contributed by atoms with E-state index in [0.29, 0.717) is 9.13 Å². The summed E-state index contributed by atoms with van der Waals surface area (Å²) in [5.74, 6) is -0.948. The molecule has 1 amide bonds.